The number of ether oxygens (including phenoxy) is 3. The molecule has 92 heavy (non-hydrogen) atoms. The highest BCUT2D eigenvalue weighted by molar-refractivity contribution is 7.14. The average Bonchev–Trinajstić information content (AvgIpc) is 1.53. The molecule has 9 aromatic carbocycles. The Kier molecular flexibility index (Phi) is 18.6. The Labute approximate surface area is 539 Å². The molecule has 9 nitrogen and oxygen atoms in total. The van der Waals surface area contributed by atoms with Gasteiger partial charge in [0, 0.05) is 29.9 Å². The maximum Gasteiger partial charge on any atom is 0.437 e. The van der Waals surface area contributed by atoms with Gasteiger partial charge < -0.3 is 28.0 Å². The molecule has 0 radical (unpaired) electrons. The fourth-order valence-electron chi connectivity index (χ4n) is 12.2. The number of alkyl halides is 3. The van der Waals surface area contributed by atoms with Gasteiger partial charge in [0.25, 0.3) is 22.2 Å². The average molecular weight is 1270 g/mol. The molecule has 12 rings (SSSR count). The number of nitrogens with zero attached hydrogens (tertiary/aromatic N) is 4. The molecule has 1 aromatic heterocycles. The van der Waals surface area contributed by atoms with Gasteiger partial charge in [0.05, 0.1) is 23.0 Å². The lowest BCUT2D eigenvalue weighted by atomic mass is 9.83. The minimum atomic E-state index is -5.20. The van der Waals surface area contributed by atoms with Crippen molar-refractivity contribution in [1.82, 2.24) is 0 Å². The van der Waals surface area contributed by atoms with E-state index < -0.39 is 50.9 Å². The van der Waals surface area contributed by atoms with Crippen LogP contribution in [0.1, 0.15) is 20.9 Å². The highest BCUT2D eigenvalue weighted by atomic mass is 32.1. The Morgan fingerprint density at radius 2 is 0.870 bits per heavy atom. The van der Waals surface area contributed by atoms with Crippen LogP contribution in [0.4, 0.5) is 18.9 Å². The molecular weight excluding hydrogens is 1210 g/mol. The molecule has 452 valence electrons. The third kappa shape index (κ3) is 12.2. The molecule has 0 saturated carbocycles. The summed E-state index contributed by atoms with van der Waals surface area (Å²) in [5.74, 6) is -0.0296. The SMILES string of the molecule is N#CC(C#N)=C1OC(c2ccc(-c3ccccc3)cc2)(C(F)(F)F)C(/C=C/c2sc(/C=C/c3ccc(N(CCO[Si](c4ccccc4)(c4ccccc4)c4ccccc4)CCO[Si](c4ccccc4)(c4ccccc4)c4ccccc4)cc3)c3c2OCCO3)=C1C#N. The normalized spacial score (nSPS) is 14.8. The second-order valence-electron chi connectivity index (χ2n) is 21.7. The molecule has 1 unspecified atom stereocenters. The van der Waals surface area contributed by atoms with Gasteiger partial charge in [-0.3, -0.25) is 0 Å². The Morgan fingerprint density at radius 3 is 1.25 bits per heavy atom. The second-order valence-corrected chi connectivity index (χ2v) is 29.6. The summed E-state index contributed by atoms with van der Waals surface area (Å²) in [6.45, 7) is 2.21. The van der Waals surface area contributed by atoms with Gasteiger partial charge >= 0.3 is 6.18 Å². The van der Waals surface area contributed by atoms with E-state index in [0.717, 1.165) is 54.0 Å². The third-order valence-electron chi connectivity index (χ3n) is 16.5. The van der Waals surface area contributed by atoms with Crippen LogP contribution >= 0.6 is 11.3 Å². The highest BCUT2D eigenvalue weighted by Crippen LogP contribution is 2.57. The fraction of sp³-hybridized carbons (Fsp3) is 0.104. The van der Waals surface area contributed by atoms with E-state index in [1.165, 1.54) is 41.7 Å². The maximum absolute atomic E-state index is 16.1. The number of fused-ring (bicyclic) bond motifs is 1. The quantitative estimate of drug-likeness (QED) is 0.0393. The number of anilines is 1. The van der Waals surface area contributed by atoms with Crippen molar-refractivity contribution in [3.8, 4) is 40.8 Å². The van der Waals surface area contributed by atoms with Crippen LogP contribution in [0.5, 0.6) is 11.5 Å². The summed E-state index contributed by atoms with van der Waals surface area (Å²) in [5, 5.41) is 37.2. The maximum atomic E-state index is 16.1. The Hall–Kier alpha value is -10.5. The van der Waals surface area contributed by atoms with Gasteiger partial charge in [-0.05, 0) is 72.1 Å². The van der Waals surface area contributed by atoms with Gasteiger partial charge in [0.15, 0.2) is 22.8 Å². The standard InChI is InChI=1S/C77H59F3N4O5SSi2/c78-77(79,80)76(61-41-39-59(40-42-61)58-22-8-1-9-23-58)70(69(56-83)73(89-76)60(54-81)55-82)45-47-72-75-74(85-52-53-86-75)71(90-72)46-38-57-36-43-62(44-37-57)84(48-50-87-91(63-24-10-2-11-25-63,64-26-12-3-13-27-64)65-28-14-4-15-29-65)49-51-88-92(66-30-16-5-17-31-66,67-32-18-6-19-33-67)68-34-20-7-21-35-68/h1-47H,48-53H2/b46-38+,47-45+. The van der Waals surface area contributed by atoms with E-state index in [-0.39, 0.29) is 18.8 Å². The van der Waals surface area contributed by atoms with E-state index >= 15 is 13.2 Å². The number of benzene rings is 9. The van der Waals surface area contributed by atoms with Crippen LogP contribution in [0.15, 0.2) is 289 Å². The molecule has 1 atom stereocenters. The van der Waals surface area contributed by atoms with Crippen molar-refractivity contribution in [1.29, 1.82) is 15.8 Å². The summed E-state index contributed by atoms with van der Waals surface area (Å²) in [4.78, 5) is 3.37. The van der Waals surface area contributed by atoms with Gasteiger partial charge in [0.1, 0.15) is 37.0 Å². The first-order valence-electron chi connectivity index (χ1n) is 30.0. The lowest BCUT2D eigenvalue weighted by Crippen LogP contribution is -2.70. The predicted molar refractivity (Wildman–Crippen MR) is 363 cm³/mol. The van der Waals surface area contributed by atoms with E-state index in [9.17, 15) is 15.8 Å². The third-order valence-corrected chi connectivity index (χ3v) is 25.7. The molecule has 10 aromatic rings. The van der Waals surface area contributed by atoms with Crippen molar-refractivity contribution < 1.29 is 36.2 Å². The molecule has 2 aliphatic heterocycles. The first-order chi connectivity index (χ1) is 45.1. The molecule has 3 heterocycles. The molecule has 0 N–H and O–H groups in total. The Bertz CT molecular complexity index is 4100. The minimum absolute atomic E-state index is 0.180. The second kappa shape index (κ2) is 27.7. The number of halogens is 3. The van der Waals surface area contributed by atoms with E-state index in [1.807, 2.05) is 97.1 Å². The summed E-state index contributed by atoms with van der Waals surface area (Å²) < 4.78 is 81.4. The van der Waals surface area contributed by atoms with Crippen molar-refractivity contribution in [2.24, 2.45) is 0 Å². The van der Waals surface area contributed by atoms with Crippen molar-refractivity contribution >= 4 is 83.0 Å². The number of hydrogen-bond acceptors (Lipinski definition) is 10. The predicted octanol–water partition coefficient (Wildman–Crippen LogP) is 13.2. The van der Waals surface area contributed by atoms with Crippen LogP contribution in [0, 0.1) is 34.0 Å². The molecule has 15 heteroatoms. The lowest BCUT2D eigenvalue weighted by molar-refractivity contribution is -0.249. The summed E-state index contributed by atoms with van der Waals surface area (Å²) >= 11 is 1.23. The summed E-state index contributed by atoms with van der Waals surface area (Å²) in [5.41, 5.74) is -2.39. The molecule has 0 bridgehead atoms. The van der Waals surface area contributed by atoms with Crippen LogP contribution < -0.4 is 45.5 Å². The number of hydrogen-bond donors (Lipinski definition) is 0. The zero-order valence-corrected chi connectivity index (χ0v) is 52.6. The highest BCUT2D eigenvalue weighted by Gasteiger charge is 2.65. The van der Waals surface area contributed by atoms with E-state index in [1.54, 1.807) is 12.1 Å². The molecule has 0 amide bonds. The van der Waals surface area contributed by atoms with Gasteiger partial charge in [-0.15, -0.1) is 11.3 Å². The zero-order chi connectivity index (χ0) is 63.4. The zero-order valence-electron chi connectivity index (χ0n) is 49.8. The Balaban J connectivity index is 0.877. The van der Waals surface area contributed by atoms with E-state index in [2.05, 4.69) is 163 Å². The number of thiophene rings is 1. The topological polar surface area (TPSA) is 121 Å². The van der Waals surface area contributed by atoms with E-state index in [0.29, 0.717) is 53.1 Å². The first-order valence-corrected chi connectivity index (χ1v) is 34.6. The molecule has 2 aliphatic rings. The smallest absolute Gasteiger partial charge is 0.437 e. The monoisotopic (exact) mass is 1260 g/mol. The van der Waals surface area contributed by atoms with E-state index in [4.69, 9.17) is 23.1 Å². The molecular formula is C77H59F3N4O5SSi2. The van der Waals surface area contributed by atoms with Crippen molar-refractivity contribution in [2.45, 2.75) is 11.8 Å². The number of nitriles is 3. The molecule has 0 fully saturated rings. The van der Waals surface area contributed by atoms with Crippen LogP contribution in [0.25, 0.3) is 29.4 Å². The number of allylic oxidation sites excluding steroid dienone is 2. The van der Waals surface area contributed by atoms with Gasteiger partial charge in [-0.25, -0.2) is 0 Å². The van der Waals surface area contributed by atoms with Crippen LogP contribution in [0.3, 0.4) is 0 Å². The van der Waals surface area contributed by atoms with Gasteiger partial charge in [-0.1, -0.05) is 261 Å². The van der Waals surface area contributed by atoms with Crippen molar-refractivity contribution in [2.75, 3.05) is 44.4 Å². The van der Waals surface area contributed by atoms with Gasteiger partial charge in [-0.2, -0.15) is 29.0 Å². The largest absolute Gasteiger partial charge is 0.485 e. The molecule has 0 spiro atoms. The van der Waals surface area contributed by atoms with Crippen LogP contribution in [-0.4, -0.2) is 62.3 Å². The first kappa shape index (κ1) is 61.7. The molecule has 0 saturated heterocycles. The van der Waals surface area contributed by atoms with Crippen LogP contribution in [0.2, 0.25) is 0 Å². The Morgan fingerprint density at radius 1 is 0.489 bits per heavy atom. The summed E-state index contributed by atoms with van der Waals surface area (Å²) in [7, 11) is -6.17. The van der Waals surface area contributed by atoms with Crippen LogP contribution in [-0.2, 0) is 19.2 Å². The number of rotatable bonds is 21. The van der Waals surface area contributed by atoms with Crippen molar-refractivity contribution in [3.05, 3.63) is 310 Å². The summed E-state index contributed by atoms with van der Waals surface area (Å²) in [6, 6.07) is 91.4. The summed E-state index contributed by atoms with van der Waals surface area (Å²) in [6.07, 6.45) is 1.22. The van der Waals surface area contributed by atoms with Crippen molar-refractivity contribution in [3.63, 3.8) is 0 Å². The van der Waals surface area contributed by atoms with Gasteiger partial charge in [0.2, 0.25) is 0 Å². The minimum Gasteiger partial charge on any atom is -0.485 e. The molecule has 0 aliphatic carbocycles. The fourth-order valence-corrected chi connectivity index (χ4v) is 20.9. The lowest BCUT2D eigenvalue weighted by Gasteiger charge is -2.36.